The van der Waals surface area contributed by atoms with Crippen LogP contribution in [0.15, 0.2) is 17.5 Å². The van der Waals surface area contributed by atoms with Crippen molar-refractivity contribution in [3.63, 3.8) is 0 Å². The molecule has 1 heterocycles. The molecule has 2 aromatic rings. The molecule has 0 aliphatic rings. The van der Waals surface area contributed by atoms with Gasteiger partial charge < -0.3 is 4.74 Å². The molecule has 0 saturated carbocycles. The quantitative estimate of drug-likeness (QED) is 0.619. The lowest BCUT2D eigenvalue weighted by molar-refractivity contribution is -0.145. The Hall–Kier alpha value is -2.01. The molecule has 0 radical (unpaired) electrons. The number of aromatic nitrogens is 1. The molecule has 0 aliphatic carbocycles. The van der Waals surface area contributed by atoms with Gasteiger partial charge in [-0.05, 0) is 57.4 Å². The van der Waals surface area contributed by atoms with Crippen molar-refractivity contribution in [2.24, 2.45) is 0 Å². The summed E-state index contributed by atoms with van der Waals surface area (Å²) in [6, 6.07) is 3.84. The monoisotopic (exact) mass is 331 g/mol. The van der Waals surface area contributed by atoms with Gasteiger partial charge in [-0.2, -0.15) is 0 Å². The molecule has 4 nitrogen and oxygen atoms in total. The van der Waals surface area contributed by atoms with E-state index < -0.39 is 12.1 Å². The van der Waals surface area contributed by atoms with Crippen LogP contribution in [0, 0.1) is 27.7 Å². The van der Waals surface area contributed by atoms with E-state index >= 15 is 0 Å². The number of hydrogen-bond acceptors (Lipinski definition) is 5. The van der Waals surface area contributed by atoms with E-state index in [0.29, 0.717) is 11.3 Å². The summed E-state index contributed by atoms with van der Waals surface area (Å²) >= 11 is 1.49. The minimum Gasteiger partial charge on any atom is -0.454 e. The molecule has 0 amide bonds. The number of esters is 1. The van der Waals surface area contributed by atoms with Crippen LogP contribution in [0.3, 0.4) is 0 Å². The third-order valence-corrected chi connectivity index (χ3v) is 4.60. The fourth-order valence-electron chi connectivity index (χ4n) is 2.37. The smallest absolute Gasteiger partial charge is 0.312 e. The number of ketones is 1. The number of Topliss-reactive ketones (excluding diaryl/α,β-unsaturated/α-hetero) is 1. The Kier molecular flexibility index (Phi) is 5.31. The Bertz CT molecular complexity index is 749. The van der Waals surface area contributed by atoms with Crippen LogP contribution in [0.2, 0.25) is 0 Å². The van der Waals surface area contributed by atoms with Gasteiger partial charge in [-0.25, -0.2) is 4.98 Å². The first-order valence-corrected chi connectivity index (χ1v) is 8.38. The molecule has 1 aromatic carbocycles. The predicted octanol–water partition coefficient (Wildman–Crippen LogP) is 3.73. The Labute approximate surface area is 140 Å². The fourth-order valence-corrected chi connectivity index (χ4v) is 2.99. The summed E-state index contributed by atoms with van der Waals surface area (Å²) in [6.45, 7) is 9.37. The summed E-state index contributed by atoms with van der Waals surface area (Å²) in [5.41, 5.74) is 4.38. The summed E-state index contributed by atoms with van der Waals surface area (Å²) in [5.74, 6) is -0.606. The number of thiazole rings is 1. The summed E-state index contributed by atoms with van der Waals surface area (Å²) in [4.78, 5) is 28.7. The van der Waals surface area contributed by atoms with Gasteiger partial charge in [0, 0.05) is 10.9 Å². The summed E-state index contributed by atoms with van der Waals surface area (Å²) in [5, 5.41) is 2.74. The number of carbonyl (C=O) groups is 2. The summed E-state index contributed by atoms with van der Waals surface area (Å²) < 4.78 is 5.28. The van der Waals surface area contributed by atoms with Gasteiger partial charge in [0.1, 0.15) is 0 Å². The topological polar surface area (TPSA) is 56.3 Å². The van der Waals surface area contributed by atoms with Crippen LogP contribution < -0.4 is 0 Å². The van der Waals surface area contributed by atoms with E-state index in [-0.39, 0.29) is 12.2 Å². The zero-order valence-electron chi connectivity index (χ0n) is 14.1. The third kappa shape index (κ3) is 4.26. The third-order valence-electron chi connectivity index (χ3n) is 3.78. The number of hydrogen-bond donors (Lipinski definition) is 0. The van der Waals surface area contributed by atoms with Crippen LogP contribution >= 0.6 is 11.3 Å². The standard InChI is InChI=1S/C18H21NO3S/c1-10-6-12(3)16(7-11(10)2)18(21)13(4)22-17(20)8-15-9-23-14(5)19-15/h6-7,9,13H,8H2,1-5H3. The first-order chi connectivity index (χ1) is 10.8. The molecule has 0 bridgehead atoms. The van der Waals surface area contributed by atoms with Gasteiger partial charge in [0.25, 0.3) is 0 Å². The number of rotatable bonds is 5. The molecule has 0 N–H and O–H groups in total. The molecule has 23 heavy (non-hydrogen) atoms. The molecule has 0 aliphatic heterocycles. The second-order valence-electron chi connectivity index (χ2n) is 5.78. The minimum absolute atomic E-state index is 0.0911. The highest BCUT2D eigenvalue weighted by Crippen LogP contribution is 2.18. The number of ether oxygens (including phenoxy) is 1. The van der Waals surface area contributed by atoms with Gasteiger partial charge in [-0.3, -0.25) is 9.59 Å². The molecule has 5 heteroatoms. The minimum atomic E-state index is -0.803. The Morgan fingerprint density at radius 1 is 1.13 bits per heavy atom. The van der Waals surface area contributed by atoms with E-state index in [0.717, 1.165) is 21.7 Å². The normalized spacial score (nSPS) is 12.0. The molecule has 1 atom stereocenters. The highest BCUT2D eigenvalue weighted by Gasteiger charge is 2.22. The predicted molar refractivity (Wildman–Crippen MR) is 91.1 cm³/mol. The maximum atomic E-state index is 12.5. The number of benzene rings is 1. The van der Waals surface area contributed by atoms with E-state index in [9.17, 15) is 9.59 Å². The zero-order chi connectivity index (χ0) is 17.1. The molecule has 1 aromatic heterocycles. The molecule has 0 spiro atoms. The van der Waals surface area contributed by atoms with Crippen LogP contribution in [0.5, 0.6) is 0 Å². The average molecular weight is 331 g/mol. The second kappa shape index (κ2) is 7.04. The zero-order valence-corrected chi connectivity index (χ0v) is 14.9. The maximum Gasteiger partial charge on any atom is 0.312 e. The van der Waals surface area contributed by atoms with Crippen molar-refractivity contribution in [3.05, 3.63) is 50.5 Å². The number of aryl methyl sites for hydroxylation is 4. The van der Waals surface area contributed by atoms with Crippen molar-refractivity contribution in [3.8, 4) is 0 Å². The van der Waals surface area contributed by atoms with E-state index in [1.807, 2.05) is 45.2 Å². The SMILES string of the molecule is Cc1nc(CC(=O)OC(C)C(=O)c2cc(C)c(C)cc2C)cs1. The van der Waals surface area contributed by atoms with Crippen molar-refractivity contribution in [1.82, 2.24) is 4.98 Å². The largest absolute Gasteiger partial charge is 0.454 e. The van der Waals surface area contributed by atoms with E-state index in [1.165, 1.54) is 11.3 Å². The lowest BCUT2D eigenvalue weighted by atomic mass is 9.96. The van der Waals surface area contributed by atoms with E-state index in [1.54, 1.807) is 6.92 Å². The Morgan fingerprint density at radius 3 is 2.39 bits per heavy atom. The van der Waals surface area contributed by atoms with E-state index in [2.05, 4.69) is 4.98 Å². The van der Waals surface area contributed by atoms with Crippen LogP contribution in [0.4, 0.5) is 0 Å². The van der Waals surface area contributed by atoms with Crippen molar-refractivity contribution >= 4 is 23.1 Å². The lowest BCUT2D eigenvalue weighted by Crippen LogP contribution is -2.26. The van der Waals surface area contributed by atoms with Gasteiger partial charge >= 0.3 is 5.97 Å². The van der Waals surface area contributed by atoms with Crippen molar-refractivity contribution in [1.29, 1.82) is 0 Å². The molecular formula is C18H21NO3S. The molecule has 1 unspecified atom stereocenters. The molecule has 0 saturated heterocycles. The van der Waals surface area contributed by atoms with Gasteiger partial charge in [-0.1, -0.05) is 6.07 Å². The fraction of sp³-hybridized carbons (Fsp3) is 0.389. The van der Waals surface area contributed by atoms with Crippen LogP contribution in [0.1, 0.15) is 44.7 Å². The number of nitrogens with zero attached hydrogens (tertiary/aromatic N) is 1. The van der Waals surface area contributed by atoms with Crippen LogP contribution in [0.25, 0.3) is 0 Å². The summed E-state index contributed by atoms with van der Waals surface area (Å²) in [6.07, 6.45) is -0.712. The lowest BCUT2D eigenvalue weighted by Gasteiger charge is -2.15. The summed E-state index contributed by atoms with van der Waals surface area (Å²) in [7, 11) is 0. The van der Waals surface area contributed by atoms with Gasteiger partial charge in [0.05, 0.1) is 17.1 Å². The highest BCUT2D eigenvalue weighted by molar-refractivity contribution is 7.09. The van der Waals surface area contributed by atoms with E-state index in [4.69, 9.17) is 4.74 Å². The second-order valence-corrected chi connectivity index (χ2v) is 6.84. The molecule has 122 valence electrons. The maximum absolute atomic E-state index is 12.5. The van der Waals surface area contributed by atoms with Crippen molar-refractivity contribution < 1.29 is 14.3 Å². The average Bonchev–Trinajstić information content (AvgIpc) is 2.87. The molecule has 0 fully saturated rings. The van der Waals surface area contributed by atoms with Crippen LogP contribution in [-0.4, -0.2) is 22.8 Å². The molecular weight excluding hydrogens is 310 g/mol. The van der Waals surface area contributed by atoms with Gasteiger partial charge in [0.2, 0.25) is 5.78 Å². The van der Waals surface area contributed by atoms with Crippen molar-refractivity contribution in [2.75, 3.05) is 0 Å². The molecule has 2 rings (SSSR count). The highest BCUT2D eigenvalue weighted by atomic mass is 32.1. The Morgan fingerprint density at radius 2 is 1.78 bits per heavy atom. The Balaban J connectivity index is 2.05. The first-order valence-electron chi connectivity index (χ1n) is 7.50. The van der Waals surface area contributed by atoms with Crippen molar-refractivity contribution in [2.45, 2.75) is 47.1 Å². The van der Waals surface area contributed by atoms with Crippen LogP contribution in [-0.2, 0) is 16.0 Å². The van der Waals surface area contributed by atoms with Gasteiger partial charge in [0.15, 0.2) is 6.10 Å². The first kappa shape index (κ1) is 17.3. The number of carbonyl (C=O) groups excluding carboxylic acids is 2. The van der Waals surface area contributed by atoms with Gasteiger partial charge in [-0.15, -0.1) is 11.3 Å².